The predicted octanol–water partition coefficient (Wildman–Crippen LogP) is 2.60. The molecule has 0 aliphatic carbocycles. The fourth-order valence-corrected chi connectivity index (χ4v) is 2.22. The Labute approximate surface area is 115 Å². The zero-order chi connectivity index (χ0) is 13.1. The summed E-state index contributed by atoms with van der Waals surface area (Å²) >= 11 is 11.2. The first-order chi connectivity index (χ1) is 8.65. The van der Waals surface area contributed by atoms with E-state index in [1.165, 1.54) is 0 Å². The van der Waals surface area contributed by atoms with E-state index in [4.69, 9.17) is 28.5 Å². The summed E-state index contributed by atoms with van der Waals surface area (Å²) in [5.41, 5.74) is -0.00866. The summed E-state index contributed by atoms with van der Waals surface area (Å²) in [5, 5.41) is 26.9. The Kier molecular flexibility index (Phi) is 4.10. The lowest BCUT2D eigenvalue weighted by atomic mass is 10.2. The molecule has 0 fully saturated rings. The van der Waals surface area contributed by atoms with Gasteiger partial charge in [0, 0.05) is 13.0 Å². The minimum Gasteiger partial charge on any atom is -0.508 e. The van der Waals surface area contributed by atoms with E-state index in [2.05, 4.69) is 10.2 Å². The van der Waals surface area contributed by atoms with E-state index in [0.29, 0.717) is 5.82 Å². The van der Waals surface area contributed by atoms with Gasteiger partial charge in [0.05, 0.1) is 0 Å². The van der Waals surface area contributed by atoms with Crippen LogP contribution in [0, 0.1) is 11.3 Å². The van der Waals surface area contributed by atoms with E-state index in [0.717, 1.165) is 38.1 Å². The zero-order valence-corrected chi connectivity index (χ0v) is 11.1. The number of hydrogen-bond acceptors (Lipinski definition) is 4. The summed E-state index contributed by atoms with van der Waals surface area (Å²) in [7, 11) is 0. The van der Waals surface area contributed by atoms with Crippen LogP contribution in [0.4, 0.5) is 0 Å². The SMILES string of the molecule is N#CC(=C(O)C(Cl)Cl)c1nnc2n1CCCCC2. The van der Waals surface area contributed by atoms with E-state index >= 15 is 0 Å². The molecule has 0 bridgehead atoms. The number of nitriles is 1. The normalized spacial score (nSPS) is 16.8. The lowest BCUT2D eigenvalue weighted by molar-refractivity contribution is 0.412. The lowest BCUT2D eigenvalue weighted by Gasteiger charge is -2.08. The molecule has 0 saturated heterocycles. The fraction of sp³-hybridized carbons (Fsp3) is 0.545. The van der Waals surface area contributed by atoms with E-state index in [1.807, 2.05) is 10.6 Å². The first-order valence-corrected chi connectivity index (χ1v) is 6.56. The summed E-state index contributed by atoms with van der Waals surface area (Å²) in [6.45, 7) is 0.741. The van der Waals surface area contributed by atoms with Gasteiger partial charge < -0.3 is 9.67 Å². The maximum Gasteiger partial charge on any atom is 0.178 e. The highest BCUT2D eigenvalue weighted by molar-refractivity contribution is 6.46. The molecule has 1 aliphatic heterocycles. The Morgan fingerprint density at radius 3 is 2.78 bits per heavy atom. The van der Waals surface area contributed by atoms with Crippen molar-refractivity contribution >= 4 is 28.8 Å². The van der Waals surface area contributed by atoms with Gasteiger partial charge in [-0.15, -0.1) is 10.2 Å². The van der Waals surface area contributed by atoms with Crippen molar-refractivity contribution < 1.29 is 5.11 Å². The Bertz CT molecular complexity index is 516. The summed E-state index contributed by atoms with van der Waals surface area (Å²) in [6.07, 6.45) is 4.01. The molecule has 96 valence electrons. The second-order valence-corrected chi connectivity index (χ2v) is 5.17. The summed E-state index contributed by atoms with van der Waals surface area (Å²) in [4.78, 5) is -1.14. The topological polar surface area (TPSA) is 74.7 Å². The van der Waals surface area contributed by atoms with Gasteiger partial charge in [-0.05, 0) is 12.8 Å². The second-order valence-electron chi connectivity index (χ2n) is 4.07. The first-order valence-electron chi connectivity index (χ1n) is 5.69. The van der Waals surface area contributed by atoms with Crippen LogP contribution in [0.3, 0.4) is 0 Å². The summed E-state index contributed by atoms with van der Waals surface area (Å²) in [5.74, 6) is 0.808. The molecule has 0 aromatic carbocycles. The maximum absolute atomic E-state index is 9.74. The highest BCUT2D eigenvalue weighted by Crippen LogP contribution is 2.24. The molecule has 1 N–H and O–H groups in total. The van der Waals surface area contributed by atoms with Crippen molar-refractivity contribution in [2.75, 3.05) is 0 Å². The number of rotatable bonds is 2. The first kappa shape index (κ1) is 13.2. The van der Waals surface area contributed by atoms with Crippen molar-refractivity contribution in [3.05, 3.63) is 17.4 Å². The number of aliphatic hydroxyl groups is 1. The van der Waals surface area contributed by atoms with Crippen LogP contribution in [0.15, 0.2) is 5.76 Å². The van der Waals surface area contributed by atoms with Crippen LogP contribution in [-0.2, 0) is 13.0 Å². The number of aromatic nitrogens is 3. The van der Waals surface area contributed by atoms with Crippen molar-refractivity contribution in [2.45, 2.75) is 37.1 Å². The van der Waals surface area contributed by atoms with E-state index < -0.39 is 4.84 Å². The summed E-state index contributed by atoms with van der Waals surface area (Å²) in [6, 6.07) is 1.89. The molecule has 1 aliphatic rings. The molecule has 7 heteroatoms. The Balaban J connectivity index is 2.48. The molecular weight excluding hydrogens is 275 g/mol. The van der Waals surface area contributed by atoms with Crippen molar-refractivity contribution in [3.8, 4) is 6.07 Å². The summed E-state index contributed by atoms with van der Waals surface area (Å²) < 4.78 is 1.86. The average molecular weight is 287 g/mol. The third-order valence-electron chi connectivity index (χ3n) is 2.91. The van der Waals surface area contributed by atoms with Crippen LogP contribution in [0.2, 0.25) is 0 Å². The molecule has 2 heterocycles. The highest BCUT2D eigenvalue weighted by Gasteiger charge is 2.22. The third-order valence-corrected chi connectivity index (χ3v) is 3.32. The molecule has 18 heavy (non-hydrogen) atoms. The number of aryl methyl sites for hydroxylation is 1. The van der Waals surface area contributed by atoms with Crippen LogP contribution >= 0.6 is 23.2 Å². The van der Waals surface area contributed by atoms with Gasteiger partial charge in [0.1, 0.15) is 23.2 Å². The smallest absolute Gasteiger partial charge is 0.178 e. The van der Waals surface area contributed by atoms with Gasteiger partial charge in [-0.2, -0.15) is 5.26 Å². The Morgan fingerprint density at radius 1 is 1.33 bits per heavy atom. The van der Waals surface area contributed by atoms with Crippen molar-refractivity contribution in [2.24, 2.45) is 0 Å². The molecular formula is C11H12Cl2N4O. The van der Waals surface area contributed by atoms with E-state index in [1.54, 1.807) is 0 Å². The van der Waals surface area contributed by atoms with Gasteiger partial charge in [0.15, 0.2) is 10.7 Å². The van der Waals surface area contributed by atoms with Crippen molar-refractivity contribution in [3.63, 3.8) is 0 Å². The van der Waals surface area contributed by atoms with Gasteiger partial charge in [-0.1, -0.05) is 29.6 Å². The molecule has 0 amide bonds. The Hall–Kier alpha value is -1.25. The number of fused-ring (bicyclic) bond motifs is 1. The molecule has 5 nitrogen and oxygen atoms in total. The number of aliphatic hydroxyl groups excluding tert-OH is 1. The van der Waals surface area contributed by atoms with Gasteiger partial charge in [-0.3, -0.25) is 0 Å². The largest absolute Gasteiger partial charge is 0.508 e. The number of nitrogens with zero attached hydrogens (tertiary/aromatic N) is 4. The van der Waals surface area contributed by atoms with Gasteiger partial charge in [0.2, 0.25) is 0 Å². The molecule has 2 rings (SSSR count). The predicted molar refractivity (Wildman–Crippen MR) is 68.2 cm³/mol. The third kappa shape index (κ3) is 2.45. The Morgan fingerprint density at radius 2 is 2.11 bits per heavy atom. The molecule has 0 spiro atoms. The van der Waals surface area contributed by atoms with Crippen LogP contribution in [0.5, 0.6) is 0 Å². The number of allylic oxidation sites excluding steroid dienone is 2. The number of halogens is 2. The fourth-order valence-electron chi connectivity index (χ4n) is 2.00. The average Bonchev–Trinajstić information content (AvgIpc) is 2.60. The molecule has 0 atom stereocenters. The minimum atomic E-state index is -1.14. The monoisotopic (exact) mass is 286 g/mol. The van der Waals surface area contributed by atoms with Crippen LogP contribution in [0.1, 0.15) is 30.9 Å². The van der Waals surface area contributed by atoms with E-state index in [9.17, 15) is 5.11 Å². The highest BCUT2D eigenvalue weighted by atomic mass is 35.5. The van der Waals surface area contributed by atoms with Crippen LogP contribution in [-0.4, -0.2) is 24.7 Å². The van der Waals surface area contributed by atoms with Crippen molar-refractivity contribution in [1.29, 1.82) is 5.26 Å². The van der Waals surface area contributed by atoms with Crippen LogP contribution in [0.25, 0.3) is 5.57 Å². The van der Waals surface area contributed by atoms with Gasteiger partial charge in [0.25, 0.3) is 0 Å². The standard InChI is InChI=1S/C11H12Cl2N4O/c12-10(13)9(18)7(6-14)11-16-15-8-4-2-1-3-5-17(8)11/h10,18H,1-5H2. The molecule has 0 saturated carbocycles. The lowest BCUT2D eigenvalue weighted by Crippen LogP contribution is -2.08. The van der Waals surface area contributed by atoms with Crippen LogP contribution < -0.4 is 0 Å². The van der Waals surface area contributed by atoms with Gasteiger partial charge in [-0.25, -0.2) is 0 Å². The molecule has 1 aromatic heterocycles. The van der Waals surface area contributed by atoms with E-state index in [-0.39, 0.29) is 11.3 Å². The van der Waals surface area contributed by atoms with Gasteiger partial charge >= 0.3 is 0 Å². The quantitative estimate of drug-likeness (QED) is 0.515. The molecule has 1 aromatic rings. The second kappa shape index (κ2) is 5.59. The zero-order valence-electron chi connectivity index (χ0n) is 9.60. The molecule has 0 unspecified atom stereocenters. The number of alkyl halides is 2. The molecule has 0 radical (unpaired) electrons. The van der Waals surface area contributed by atoms with Crippen molar-refractivity contribution in [1.82, 2.24) is 14.8 Å². The maximum atomic E-state index is 9.74. The number of hydrogen-bond donors (Lipinski definition) is 1. The minimum absolute atomic E-state index is 0.00866.